The zero-order valence-corrected chi connectivity index (χ0v) is 13.5. The van der Waals surface area contributed by atoms with E-state index >= 15 is 0 Å². The predicted molar refractivity (Wildman–Crippen MR) is 79.8 cm³/mol. The molecule has 1 saturated carbocycles. The maximum Gasteiger partial charge on any atom is 0.0155 e. The van der Waals surface area contributed by atoms with Crippen molar-refractivity contribution in [1.29, 1.82) is 0 Å². The van der Waals surface area contributed by atoms with Crippen LogP contribution in [0.15, 0.2) is 0 Å². The van der Waals surface area contributed by atoms with Crippen molar-refractivity contribution in [3.63, 3.8) is 0 Å². The molecule has 18 heavy (non-hydrogen) atoms. The Morgan fingerprint density at radius 3 is 1.83 bits per heavy atom. The molecule has 0 aromatic rings. The predicted octanol–water partition coefficient (Wildman–Crippen LogP) is 4.86. The van der Waals surface area contributed by atoms with Crippen LogP contribution >= 0.6 is 0 Å². The van der Waals surface area contributed by atoms with E-state index in [-0.39, 0.29) is 0 Å². The standard InChI is InChI=1S/C17H33N/c1-15(2,3)14-12-17(10-8-7-9-11-17)13-18(14)16(4,5)6/h14H,7-13H2,1-6H3. The lowest BCUT2D eigenvalue weighted by Crippen LogP contribution is -2.49. The van der Waals surface area contributed by atoms with Crippen molar-refractivity contribution in [3.05, 3.63) is 0 Å². The van der Waals surface area contributed by atoms with Gasteiger partial charge in [0.05, 0.1) is 0 Å². The molecular weight excluding hydrogens is 218 g/mol. The second kappa shape index (κ2) is 4.51. The summed E-state index contributed by atoms with van der Waals surface area (Å²) in [6, 6.07) is 0.760. The van der Waals surface area contributed by atoms with E-state index in [1.165, 1.54) is 45.1 Å². The van der Waals surface area contributed by atoms with Crippen molar-refractivity contribution in [3.8, 4) is 0 Å². The van der Waals surface area contributed by atoms with Gasteiger partial charge in [0.15, 0.2) is 0 Å². The van der Waals surface area contributed by atoms with Crippen molar-refractivity contribution in [1.82, 2.24) is 4.90 Å². The van der Waals surface area contributed by atoms with Gasteiger partial charge in [-0.1, -0.05) is 40.0 Å². The third-order valence-electron chi connectivity index (χ3n) is 5.28. The topological polar surface area (TPSA) is 3.24 Å². The summed E-state index contributed by atoms with van der Waals surface area (Å²) in [5.74, 6) is 0. The summed E-state index contributed by atoms with van der Waals surface area (Å²) >= 11 is 0. The monoisotopic (exact) mass is 251 g/mol. The fraction of sp³-hybridized carbons (Fsp3) is 1.00. The Balaban J connectivity index is 2.23. The Labute approximate surface area is 114 Å². The molecule has 0 radical (unpaired) electrons. The fourth-order valence-electron chi connectivity index (χ4n) is 4.20. The van der Waals surface area contributed by atoms with Crippen molar-refractivity contribution in [2.75, 3.05) is 6.54 Å². The van der Waals surface area contributed by atoms with Crippen LogP contribution in [-0.2, 0) is 0 Å². The van der Waals surface area contributed by atoms with Gasteiger partial charge in [-0.15, -0.1) is 0 Å². The molecule has 1 nitrogen and oxygen atoms in total. The minimum atomic E-state index is 0.318. The van der Waals surface area contributed by atoms with Gasteiger partial charge in [-0.2, -0.15) is 0 Å². The van der Waals surface area contributed by atoms with E-state index in [0.29, 0.717) is 16.4 Å². The van der Waals surface area contributed by atoms with E-state index in [9.17, 15) is 0 Å². The first-order valence-electron chi connectivity index (χ1n) is 7.91. The second-order valence-electron chi connectivity index (χ2n) is 8.95. The van der Waals surface area contributed by atoms with Gasteiger partial charge in [0.25, 0.3) is 0 Å². The molecular formula is C17H33N. The lowest BCUT2D eigenvalue weighted by atomic mass is 9.70. The normalized spacial score (nSPS) is 30.0. The summed E-state index contributed by atoms with van der Waals surface area (Å²) in [4.78, 5) is 2.82. The van der Waals surface area contributed by atoms with Crippen LogP contribution in [0.3, 0.4) is 0 Å². The highest BCUT2D eigenvalue weighted by Gasteiger charge is 2.50. The lowest BCUT2D eigenvalue weighted by molar-refractivity contribution is 0.0541. The molecule has 0 aromatic carbocycles. The highest BCUT2D eigenvalue weighted by Crippen LogP contribution is 2.51. The molecule has 0 bridgehead atoms. The molecule has 1 atom stereocenters. The molecule has 1 heterocycles. The van der Waals surface area contributed by atoms with Crippen LogP contribution in [0.1, 0.15) is 80.1 Å². The first kappa shape index (κ1) is 14.4. The minimum absolute atomic E-state index is 0.318. The van der Waals surface area contributed by atoms with Crippen LogP contribution < -0.4 is 0 Å². The van der Waals surface area contributed by atoms with Gasteiger partial charge < -0.3 is 0 Å². The lowest BCUT2D eigenvalue weighted by Gasteiger charge is -2.43. The third kappa shape index (κ3) is 2.76. The molecule has 2 aliphatic rings. The quantitative estimate of drug-likeness (QED) is 0.594. The highest BCUT2D eigenvalue weighted by atomic mass is 15.3. The van der Waals surface area contributed by atoms with E-state index < -0.39 is 0 Å². The molecule has 0 aromatic heterocycles. The number of hydrogen-bond donors (Lipinski definition) is 0. The summed E-state index contributed by atoms with van der Waals surface area (Å²) < 4.78 is 0. The average molecular weight is 251 g/mol. The summed E-state index contributed by atoms with van der Waals surface area (Å²) in [5, 5.41) is 0. The van der Waals surface area contributed by atoms with E-state index in [1.54, 1.807) is 0 Å². The van der Waals surface area contributed by atoms with E-state index in [4.69, 9.17) is 0 Å². The number of likely N-dealkylation sites (tertiary alicyclic amines) is 1. The van der Waals surface area contributed by atoms with Crippen LogP contribution in [0.5, 0.6) is 0 Å². The first-order chi connectivity index (χ1) is 8.14. The van der Waals surface area contributed by atoms with E-state index in [2.05, 4.69) is 46.4 Å². The molecule has 1 unspecified atom stereocenters. The van der Waals surface area contributed by atoms with Crippen molar-refractivity contribution < 1.29 is 0 Å². The third-order valence-corrected chi connectivity index (χ3v) is 5.28. The molecule has 2 fully saturated rings. The largest absolute Gasteiger partial charge is 0.294 e. The number of hydrogen-bond acceptors (Lipinski definition) is 1. The van der Waals surface area contributed by atoms with Crippen LogP contribution in [0.2, 0.25) is 0 Å². The summed E-state index contributed by atoms with van der Waals surface area (Å²) in [6.07, 6.45) is 8.80. The van der Waals surface area contributed by atoms with Crippen LogP contribution in [0.4, 0.5) is 0 Å². The molecule has 1 heteroatoms. The SMILES string of the molecule is CC(C)(C)C1CC2(CCCCC2)CN1C(C)(C)C. The molecule has 2 rings (SSSR count). The van der Waals surface area contributed by atoms with E-state index in [1.807, 2.05) is 0 Å². The fourth-order valence-corrected chi connectivity index (χ4v) is 4.20. The number of nitrogens with zero attached hydrogens (tertiary/aromatic N) is 1. The molecule has 0 amide bonds. The van der Waals surface area contributed by atoms with Crippen LogP contribution in [-0.4, -0.2) is 23.0 Å². The van der Waals surface area contributed by atoms with Crippen LogP contribution in [0.25, 0.3) is 0 Å². The van der Waals surface area contributed by atoms with Gasteiger partial charge in [0, 0.05) is 18.1 Å². The zero-order chi connectivity index (χ0) is 13.6. The van der Waals surface area contributed by atoms with Gasteiger partial charge in [-0.3, -0.25) is 4.90 Å². The molecule has 1 spiro atoms. The van der Waals surface area contributed by atoms with Gasteiger partial charge in [-0.25, -0.2) is 0 Å². The summed E-state index contributed by atoms with van der Waals surface area (Å²) in [5.41, 5.74) is 1.39. The summed E-state index contributed by atoms with van der Waals surface area (Å²) in [7, 11) is 0. The summed E-state index contributed by atoms with van der Waals surface area (Å²) in [6.45, 7) is 15.8. The molecule has 1 saturated heterocycles. The van der Waals surface area contributed by atoms with Crippen molar-refractivity contribution >= 4 is 0 Å². The Morgan fingerprint density at radius 1 is 0.889 bits per heavy atom. The Bertz CT molecular complexity index is 262. The van der Waals surface area contributed by atoms with Gasteiger partial charge in [0.1, 0.15) is 0 Å². The van der Waals surface area contributed by atoms with E-state index in [0.717, 1.165) is 6.04 Å². The molecule has 1 aliphatic heterocycles. The molecule has 106 valence electrons. The Morgan fingerprint density at radius 2 is 1.44 bits per heavy atom. The van der Waals surface area contributed by atoms with Gasteiger partial charge in [-0.05, 0) is 50.9 Å². The molecule has 1 aliphatic carbocycles. The van der Waals surface area contributed by atoms with Gasteiger partial charge >= 0.3 is 0 Å². The first-order valence-corrected chi connectivity index (χ1v) is 7.91. The zero-order valence-electron chi connectivity index (χ0n) is 13.5. The highest BCUT2D eigenvalue weighted by molar-refractivity contribution is 5.04. The smallest absolute Gasteiger partial charge is 0.0155 e. The van der Waals surface area contributed by atoms with Crippen molar-refractivity contribution in [2.24, 2.45) is 10.8 Å². The van der Waals surface area contributed by atoms with Gasteiger partial charge in [0.2, 0.25) is 0 Å². The minimum Gasteiger partial charge on any atom is -0.294 e. The van der Waals surface area contributed by atoms with Crippen molar-refractivity contribution in [2.45, 2.75) is 91.6 Å². The molecule has 0 N–H and O–H groups in total. The maximum atomic E-state index is 2.82. The second-order valence-corrected chi connectivity index (χ2v) is 8.95. The Hall–Kier alpha value is -0.0400. The Kier molecular flexibility index (Phi) is 3.60. The maximum absolute atomic E-state index is 2.82. The number of rotatable bonds is 0. The van der Waals surface area contributed by atoms with Crippen LogP contribution in [0, 0.1) is 10.8 Å². The average Bonchev–Trinajstić information content (AvgIpc) is 2.58.